The van der Waals surface area contributed by atoms with Crippen LogP contribution in [-0.4, -0.2) is 37.3 Å². The van der Waals surface area contributed by atoms with Gasteiger partial charge in [-0.25, -0.2) is 0 Å². The highest BCUT2D eigenvalue weighted by Crippen LogP contribution is 2.34. The molecule has 1 heterocycles. The zero-order valence-corrected chi connectivity index (χ0v) is 9.89. The standard InChI is InChI=1S/C13H19NO2/c1-14-8-10(9-15)6-13(14)11-4-3-5-12(7-11)16-2/h3-5,7,10,13,15H,6,8-9H2,1-2H3/t10-,13+/m0/s1. The van der Waals surface area contributed by atoms with Gasteiger partial charge in [0.1, 0.15) is 5.75 Å². The Morgan fingerprint density at radius 1 is 1.50 bits per heavy atom. The summed E-state index contributed by atoms with van der Waals surface area (Å²) in [6.45, 7) is 1.25. The van der Waals surface area contributed by atoms with Crippen LogP contribution in [0.5, 0.6) is 5.75 Å². The summed E-state index contributed by atoms with van der Waals surface area (Å²) in [6, 6.07) is 8.60. The Balaban J connectivity index is 2.17. The molecule has 1 fully saturated rings. The zero-order valence-electron chi connectivity index (χ0n) is 9.89. The number of aliphatic hydroxyl groups excluding tert-OH is 1. The van der Waals surface area contributed by atoms with Crippen molar-refractivity contribution in [1.29, 1.82) is 0 Å². The minimum absolute atomic E-state index is 0.283. The van der Waals surface area contributed by atoms with E-state index in [4.69, 9.17) is 4.74 Å². The molecule has 0 unspecified atom stereocenters. The molecular formula is C13H19NO2. The lowest BCUT2D eigenvalue weighted by atomic mass is 10.0. The molecule has 0 saturated carbocycles. The molecule has 3 nitrogen and oxygen atoms in total. The van der Waals surface area contributed by atoms with E-state index in [9.17, 15) is 5.11 Å². The number of benzene rings is 1. The van der Waals surface area contributed by atoms with Crippen molar-refractivity contribution in [3.05, 3.63) is 29.8 Å². The van der Waals surface area contributed by atoms with Gasteiger partial charge in [0, 0.05) is 19.2 Å². The lowest BCUT2D eigenvalue weighted by Crippen LogP contribution is -2.18. The molecule has 88 valence electrons. The highest BCUT2D eigenvalue weighted by Gasteiger charge is 2.29. The number of hydrogen-bond donors (Lipinski definition) is 1. The fourth-order valence-corrected chi connectivity index (χ4v) is 2.48. The van der Waals surface area contributed by atoms with Crippen LogP contribution in [0.3, 0.4) is 0 Å². The van der Waals surface area contributed by atoms with E-state index in [1.807, 2.05) is 12.1 Å². The normalized spacial score (nSPS) is 25.9. The third kappa shape index (κ3) is 2.20. The Hall–Kier alpha value is -1.06. The molecule has 0 amide bonds. The third-order valence-electron chi connectivity index (χ3n) is 3.37. The van der Waals surface area contributed by atoms with Crippen molar-refractivity contribution in [1.82, 2.24) is 4.90 Å². The number of likely N-dealkylation sites (tertiary alicyclic amines) is 1. The maximum Gasteiger partial charge on any atom is 0.119 e. The molecule has 1 aromatic rings. The lowest BCUT2D eigenvalue weighted by Gasteiger charge is -2.19. The van der Waals surface area contributed by atoms with Crippen LogP contribution in [0.2, 0.25) is 0 Å². The van der Waals surface area contributed by atoms with Crippen LogP contribution >= 0.6 is 0 Å². The minimum atomic E-state index is 0.283. The highest BCUT2D eigenvalue weighted by atomic mass is 16.5. The van der Waals surface area contributed by atoms with Crippen molar-refractivity contribution < 1.29 is 9.84 Å². The smallest absolute Gasteiger partial charge is 0.119 e. The molecule has 0 bridgehead atoms. The Kier molecular flexibility index (Phi) is 3.46. The maximum absolute atomic E-state index is 9.20. The fraction of sp³-hybridized carbons (Fsp3) is 0.538. The first-order chi connectivity index (χ1) is 7.74. The van der Waals surface area contributed by atoms with Gasteiger partial charge in [-0.1, -0.05) is 12.1 Å². The molecular weight excluding hydrogens is 202 g/mol. The average molecular weight is 221 g/mol. The average Bonchev–Trinajstić information content (AvgIpc) is 2.71. The minimum Gasteiger partial charge on any atom is -0.497 e. The van der Waals surface area contributed by atoms with Crippen molar-refractivity contribution in [2.45, 2.75) is 12.5 Å². The molecule has 0 aromatic heterocycles. The third-order valence-corrected chi connectivity index (χ3v) is 3.37. The zero-order chi connectivity index (χ0) is 11.5. The second-order valence-corrected chi connectivity index (χ2v) is 4.52. The number of methoxy groups -OCH3 is 1. The topological polar surface area (TPSA) is 32.7 Å². The van der Waals surface area contributed by atoms with Crippen LogP contribution in [0.1, 0.15) is 18.0 Å². The largest absolute Gasteiger partial charge is 0.497 e. The van der Waals surface area contributed by atoms with E-state index in [0.29, 0.717) is 12.0 Å². The van der Waals surface area contributed by atoms with Crippen molar-refractivity contribution >= 4 is 0 Å². The molecule has 0 spiro atoms. The molecule has 1 N–H and O–H groups in total. The molecule has 0 aliphatic carbocycles. The summed E-state index contributed by atoms with van der Waals surface area (Å²) in [5.41, 5.74) is 1.28. The number of hydrogen-bond acceptors (Lipinski definition) is 3. The van der Waals surface area contributed by atoms with Crippen molar-refractivity contribution in [3.63, 3.8) is 0 Å². The summed E-state index contributed by atoms with van der Waals surface area (Å²) in [4.78, 5) is 2.30. The molecule has 3 heteroatoms. The van der Waals surface area contributed by atoms with Crippen LogP contribution in [0.15, 0.2) is 24.3 Å². The van der Waals surface area contributed by atoms with Gasteiger partial charge >= 0.3 is 0 Å². The van der Waals surface area contributed by atoms with Crippen LogP contribution in [0.4, 0.5) is 0 Å². The first kappa shape index (κ1) is 11.4. The molecule has 16 heavy (non-hydrogen) atoms. The predicted molar refractivity (Wildman–Crippen MR) is 63.6 cm³/mol. The van der Waals surface area contributed by atoms with Crippen molar-refractivity contribution in [2.75, 3.05) is 27.3 Å². The number of aliphatic hydroxyl groups is 1. The van der Waals surface area contributed by atoms with Crippen LogP contribution < -0.4 is 4.74 Å². The van der Waals surface area contributed by atoms with Gasteiger partial charge in [-0.05, 0) is 37.1 Å². The summed E-state index contributed by atoms with van der Waals surface area (Å²) in [5, 5.41) is 9.20. The lowest BCUT2D eigenvalue weighted by molar-refractivity contribution is 0.227. The van der Waals surface area contributed by atoms with Crippen LogP contribution in [0.25, 0.3) is 0 Å². The van der Waals surface area contributed by atoms with E-state index in [-0.39, 0.29) is 6.61 Å². The van der Waals surface area contributed by atoms with Gasteiger partial charge in [0.05, 0.1) is 7.11 Å². The Labute approximate surface area is 96.6 Å². The van der Waals surface area contributed by atoms with E-state index in [2.05, 4.69) is 24.1 Å². The van der Waals surface area contributed by atoms with Crippen LogP contribution in [0, 0.1) is 5.92 Å². The van der Waals surface area contributed by atoms with Crippen molar-refractivity contribution in [3.8, 4) is 5.75 Å². The number of ether oxygens (including phenoxy) is 1. The van der Waals surface area contributed by atoms with Gasteiger partial charge in [-0.3, -0.25) is 4.90 Å². The number of nitrogens with zero attached hydrogens (tertiary/aromatic N) is 1. The van der Waals surface area contributed by atoms with Gasteiger partial charge in [0.15, 0.2) is 0 Å². The first-order valence-electron chi connectivity index (χ1n) is 5.69. The van der Waals surface area contributed by atoms with Gasteiger partial charge in [0.25, 0.3) is 0 Å². The second-order valence-electron chi connectivity index (χ2n) is 4.52. The molecule has 1 aliphatic rings. The van der Waals surface area contributed by atoms with E-state index in [1.165, 1.54) is 5.56 Å². The van der Waals surface area contributed by atoms with Crippen LogP contribution in [-0.2, 0) is 0 Å². The van der Waals surface area contributed by atoms with E-state index in [1.54, 1.807) is 7.11 Å². The summed E-state index contributed by atoms with van der Waals surface area (Å²) in [5.74, 6) is 1.31. The van der Waals surface area contributed by atoms with Gasteiger partial charge in [0.2, 0.25) is 0 Å². The molecule has 1 saturated heterocycles. The molecule has 0 radical (unpaired) electrons. The summed E-state index contributed by atoms with van der Waals surface area (Å²) < 4.78 is 5.23. The Morgan fingerprint density at radius 2 is 2.31 bits per heavy atom. The molecule has 2 rings (SSSR count). The van der Waals surface area contributed by atoms with Gasteiger partial charge < -0.3 is 9.84 Å². The van der Waals surface area contributed by atoms with E-state index < -0.39 is 0 Å². The molecule has 1 aromatic carbocycles. The predicted octanol–water partition coefficient (Wildman–Crippen LogP) is 1.68. The second kappa shape index (κ2) is 4.85. The monoisotopic (exact) mass is 221 g/mol. The van der Waals surface area contributed by atoms with E-state index in [0.717, 1.165) is 18.7 Å². The van der Waals surface area contributed by atoms with E-state index >= 15 is 0 Å². The highest BCUT2D eigenvalue weighted by molar-refractivity contribution is 5.31. The SMILES string of the molecule is COc1cccc([C@H]2C[C@H](CO)CN2C)c1. The van der Waals surface area contributed by atoms with Crippen molar-refractivity contribution in [2.24, 2.45) is 5.92 Å². The summed E-state index contributed by atoms with van der Waals surface area (Å²) >= 11 is 0. The summed E-state index contributed by atoms with van der Waals surface area (Å²) in [7, 11) is 3.80. The quantitative estimate of drug-likeness (QED) is 0.843. The first-order valence-corrected chi connectivity index (χ1v) is 5.69. The fourth-order valence-electron chi connectivity index (χ4n) is 2.48. The number of rotatable bonds is 3. The summed E-state index contributed by atoms with van der Waals surface area (Å²) in [6.07, 6.45) is 1.03. The molecule has 1 aliphatic heterocycles. The van der Waals surface area contributed by atoms with Gasteiger partial charge in [-0.2, -0.15) is 0 Å². The maximum atomic E-state index is 9.20. The molecule has 2 atom stereocenters. The Morgan fingerprint density at radius 3 is 2.94 bits per heavy atom. The van der Waals surface area contributed by atoms with Gasteiger partial charge in [-0.15, -0.1) is 0 Å². The Bertz CT molecular complexity index is 354.